The molecule has 2 heterocycles. The van der Waals surface area contributed by atoms with Crippen LogP contribution < -0.4 is 5.32 Å². The highest BCUT2D eigenvalue weighted by atomic mass is 35.5. The molecule has 3 rings (SSSR count). The molecule has 22 heavy (non-hydrogen) atoms. The minimum absolute atomic E-state index is 0. The molecule has 0 aliphatic carbocycles. The van der Waals surface area contributed by atoms with E-state index in [1.165, 1.54) is 12.1 Å². The average Bonchev–Trinajstić information content (AvgIpc) is 2.93. The molecule has 118 valence electrons. The first-order chi connectivity index (χ1) is 10.2. The smallest absolute Gasteiger partial charge is 0.272 e. The first kappa shape index (κ1) is 16.5. The monoisotopic (exact) mass is 324 g/mol. The maximum atomic E-state index is 13.4. The van der Waals surface area contributed by atoms with Crippen molar-refractivity contribution in [2.24, 2.45) is 7.05 Å². The number of nitrogens with zero attached hydrogens (tertiary/aromatic N) is 3. The van der Waals surface area contributed by atoms with E-state index in [2.05, 4.69) is 10.4 Å². The molecular formula is C15H18ClFN4O. The van der Waals surface area contributed by atoms with Crippen LogP contribution in [0.1, 0.15) is 22.1 Å². The van der Waals surface area contributed by atoms with Gasteiger partial charge >= 0.3 is 0 Å². The van der Waals surface area contributed by atoms with Gasteiger partial charge in [0.15, 0.2) is 0 Å². The van der Waals surface area contributed by atoms with E-state index in [4.69, 9.17) is 0 Å². The van der Waals surface area contributed by atoms with Crippen molar-refractivity contribution in [1.82, 2.24) is 20.0 Å². The number of hydrogen-bond donors (Lipinski definition) is 1. The Kier molecular flexibility index (Phi) is 5.15. The zero-order valence-corrected chi connectivity index (χ0v) is 13.0. The Morgan fingerprint density at radius 2 is 2.23 bits per heavy atom. The Hall–Kier alpha value is -1.92. The van der Waals surface area contributed by atoms with E-state index in [0.717, 1.165) is 12.1 Å². The van der Waals surface area contributed by atoms with Crippen molar-refractivity contribution in [3.63, 3.8) is 0 Å². The Balaban J connectivity index is 0.00000176. The number of halogens is 2. The third-order valence-corrected chi connectivity index (χ3v) is 3.78. The summed E-state index contributed by atoms with van der Waals surface area (Å²) in [6.45, 7) is 1.94. The van der Waals surface area contributed by atoms with Gasteiger partial charge in [0.1, 0.15) is 11.5 Å². The van der Waals surface area contributed by atoms with E-state index >= 15 is 0 Å². The third-order valence-electron chi connectivity index (χ3n) is 3.78. The van der Waals surface area contributed by atoms with Crippen LogP contribution in [0.3, 0.4) is 0 Å². The number of aryl methyl sites for hydroxylation is 1. The quantitative estimate of drug-likeness (QED) is 0.916. The maximum Gasteiger partial charge on any atom is 0.272 e. The highest BCUT2D eigenvalue weighted by Gasteiger charge is 2.29. The van der Waals surface area contributed by atoms with Gasteiger partial charge in [0.2, 0.25) is 0 Å². The molecular weight excluding hydrogens is 307 g/mol. The summed E-state index contributed by atoms with van der Waals surface area (Å²) in [5.41, 5.74) is 1.34. The third kappa shape index (κ3) is 3.13. The number of aromatic nitrogens is 2. The molecule has 1 fully saturated rings. The van der Waals surface area contributed by atoms with Gasteiger partial charge in [-0.05, 0) is 23.8 Å². The van der Waals surface area contributed by atoms with Gasteiger partial charge in [-0.3, -0.25) is 9.48 Å². The van der Waals surface area contributed by atoms with E-state index in [1.807, 2.05) is 6.07 Å². The summed E-state index contributed by atoms with van der Waals surface area (Å²) in [5, 5.41) is 7.30. The first-order valence-corrected chi connectivity index (χ1v) is 6.92. The summed E-state index contributed by atoms with van der Waals surface area (Å²) in [7, 11) is 1.74. The van der Waals surface area contributed by atoms with Crippen molar-refractivity contribution >= 4 is 18.3 Å². The number of amides is 1. The van der Waals surface area contributed by atoms with Gasteiger partial charge in [-0.15, -0.1) is 12.4 Å². The van der Waals surface area contributed by atoms with Crippen LogP contribution >= 0.6 is 12.4 Å². The molecule has 1 aliphatic heterocycles. The fourth-order valence-corrected chi connectivity index (χ4v) is 2.69. The lowest BCUT2D eigenvalue weighted by atomic mass is 10.0. The van der Waals surface area contributed by atoms with Crippen LogP contribution in [-0.2, 0) is 7.05 Å². The highest BCUT2D eigenvalue weighted by molar-refractivity contribution is 5.93. The number of carbonyl (C=O) groups is 1. The average molecular weight is 325 g/mol. The van der Waals surface area contributed by atoms with Crippen molar-refractivity contribution in [2.75, 3.05) is 19.6 Å². The number of rotatable bonds is 2. The predicted molar refractivity (Wildman–Crippen MR) is 83.5 cm³/mol. The van der Waals surface area contributed by atoms with Gasteiger partial charge in [-0.1, -0.05) is 12.1 Å². The Labute approximate surface area is 134 Å². The van der Waals surface area contributed by atoms with Crippen molar-refractivity contribution in [2.45, 2.75) is 6.04 Å². The lowest BCUT2D eigenvalue weighted by Gasteiger charge is -2.36. The SMILES string of the molecule is Cl.Cn1nccc1C(=O)N1CCNCC1c1cccc(F)c1. The van der Waals surface area contributed by atoms with Gasteiger partial charge < -0.3 is 10.2 Å². The molecule has 1 aromatic heterocycles. The molecule has 0 saturated carbocycles. The topological polar surface area (TPSA) is 50.2 Å². The number of hydrogen-bond acceptors (Lipinski definition) is 3. The second-order valence-electron chi connectivity index (χ2n) is 5.11. The minimum Gasteiger partial charge on any atom is -0.328 e. The fraction of sp³-hybridized carbons (Fsp3) is 0.333. The van der Waals surface area contributed by atoms with Gasteiger partial charge in [-0.2, -0.15) is 5.10 Å². The van der Waals surface area contributed by atoms with Crippen LogP contribution in [-0.4, -0.2) is 40.2 Å². The number of nitrogens with one attached hydrogen (secondary N) is 1. The highest BCUT2D eigenvalue weighted by Crippen LogP contribution is 2.24. The summed E-state index contributed by atoms with van der Waals surface area (Å²) in [4.78, 5) is 14.5. The zero-order chi connectivity index (χ0) is 14.8. The summed E-state index contributed by atoms with van der Waals surface area (Å²) in [5.74, 6) is -0.364. The molecule has 0 spiro atoms. The van der Waals surface area contributed by atoms with Gasteiger partial charge in [0.25, 0.3) is 5.91 Å². The lowest BCUT2D eigenvalue weighted by molar-refractivity contribution is 0.0622. The second-order valence-corrected chi connectivity index (χ2v) is 5.11. The molecule has 1 unspecified atom stereocenters. The van der Waals surface area contributed by atoms with E-state index in [9.17, 15) is 9.18 Å². The number of benzene rings is 1. The van der Waals surface area contributed by atoms with Crippen LogP contribution in [0.5, 0.6) is 0 Å². The summed E-state index contributed by atoms with van der Waals surface area (Å²) in [6.07, 6.45) is 1.60. The molecule has 1 aliphatic rings. The molecule has 5 nitrogen and oxygen atoms in total. The fourth-order valence-electron chi connectivity index (χ4n) is 2.69. The molecule has 0 bridgehead atoms. The molecule has 2 aromatic rings. The zero-order valence-electron chi connectivity index (χ0n) is 12.2. The Bertz CT molecular complexity index is 660. The van der Waals surface area contributed by atoms with E-state index in [0.29, 0.717) is 18.8 Å². The van der Waals surface area contributed by atoms with E-state index < -0.39 is 0 Å². The van der Waals surface area contributed by atoms with Crippen LogP contribution in [0.4, 0.5) is 4.39 Å². The first-order valence-electron chi connectivity index (χ1n) is 6.92. The number of carbonyl (C=O) groups excluding carboxylic acids is 1. The second kappa shape index (κ2) is 6.89. The summed E-state index contributed by atoms with van der Waals surface area (Å²) in [6, 6.07) is 7.95. The van der Waals surface area contributed by atoms with Crippen molar-refractivity contribution < 1.29 is 9.18 Å². The minimum atomic E-state index is -0.286. The molecule has 1 atom stereocenters. The van der Waals surface area contributed by atoms with Crippen molar-refractivity contribution in [1.29, 1.82) is 0 Å². The van der Waals surface area contributed by atoms with Crippen LogP contribution in [0.2, 0.25) is 0 Å². The van der Waals surface area contributed by atoms with E-state index in [1.54, 1.807) is 35.0 Å². The molecule has 1 amide bonds. The number of piperazine rings is 1. The van der Waals surface area contributed by atoms with Crippen LogP contribution in [0.15, 0.2) is 36.5 Å². The predicted octanol–water partition coefficient (Wildman–Crippen LogP) is 1.77. The summed E-state index contributed by atoms with van der Waals surface area (Å²) < 4.78 is 15.0. The Morgan fingerprint density at radius 1 is 1.41 bits per heavy atom. The largest absolute Gasteiger partial charge is 0.328 e. The molecule has 1 N–H and O–H groups in total. The van der Waals surface area contributed by atoms with Crippen molar-refractivity contribution in [3.05, 3.63) is 53.6 Å². The molecule has 7 heteroatoms. The Morgan fingerprint density at radius 3 is 2.91 bits per heavy atom. The molecule has 1 saturated heterocycles. The summed E-state index contributed by atoms with van der Waals surface area (Å²) >= 11 is 0. The van der Waals surface area contributed by atoms with Crippen LogP contribution in [0.25, 0.3) is 0 Å². The normalized spacial score (nSPS) is 17.9. The van der Waals surface area contributed by atoms with Gasteiger partial charge in [0, 0.05) is 32.9 Å². The van der Waals surface area contributed by atoms with Gasteiger partial charge in [0.05, 0.1) is 6.04 Å². The van der Waals surface area contributed by atoms with Crippen LogP contribution in [0, 0.1) is 5.82 Å². The van der Waals surface area contributed by atoms with Gasteiger partial charge in [-0.25, -0.2) is 4.39 Å². The molecule has 1 aromatic carbocycles. The van der Waals surface area contributed by atoms with Crippen molar-refractivity contribution in [3.8, 4) is 0 Å². The molecule has 0 radical (unpaired) electrons. The van der Waals surface area contributed by atoms with E-state index in [-0.39, 0.29) is 30.2 Å². The maximum absolute atomic E-state index is 13.4. The standard InChI is InChI=1S/C15H17FN4O.ClH/c1-19-13(5-6-18-19)15(21)20-8-7-17-10-14(20)11-3-2-4-12(16)9-11;/h2-6,9,14,17H,7-8,10H2,1H3;1H. The lowest BCUT2D eigenvalue weighted by Crippen LogP contribution is -2.49.